The first-order chi connectivity index (χ1) is 7.18. The van der Waals surface area contributed by atoms with E-state index < -0.39 is 5.97 Å². The zero-order chi connectivity index (χ0) is 10.8. The van der Waals surface area contributed by atoms with Crippen LogP contribution in [-0.4, -0.2) is 26.9 Å². The fraction of sp³-hybridized carbons (Fsp3) is 0.600. The van der Waals surface area contributed by atoms with Gasteiger partial charge >= 0.3 is 5.97 Å². The van der Waals surface area contributed by atoms with Crippen LogP contribution in [0.5, 0.6) is 0 Å². The molecule has 82 valence electrons. The number of nitrogens with two attached hydrogens (primary N) is 1. The predicted molar refractivity (Wildman–Crippen MR) is 54.7 cm³/mol. The Balaban J connectivity index is 2.17. The van der Waals surface area contributed by atoms with Crippen LogP contribution in [0.25, 0.3) is 0 Å². The van der Waals surface area contributed by atoms with E-state index in [1.807, 2.05) is 0 Å². The van der Waals surface area contributed by atoms with Gasteiger partial charge in [0.05, 0.1) is 17.8 Å². The Morgan fingerprint density at radius 2 is 2.27 bits per heavy atom. The molecule has 1 aromatic rings. The molecule has 0 radical (unpaired) electrons. The van der Waals surface area contributed by atoms with Crippen molar-refractivity contribution in [3.8, 4) is 0 Å². The van der Waals surface area contributed by atoms with Crippen molar-refractivity contribution in [3.63, 3.8) is 0 Å². The minimum absolute atomic E-state index is 0.0975. The van der Waals surface area contributed by atoms with E-state index in [4.69, 9.17) is 10.8 Å². The maximum Gasteiger partial charge on any atom is 0.338 e. The maximum absolute atomic E-state index is 10.7. The van der Waals surface area contributed by atoms with Gasteiger partial charge in [-0.25, -0.2) is 4.79 Å². The van der Waals surface area contributed by atoms with Gasteiger partial charge < -0.3 is 10.8 Å². The summed E-state index contributed by atoms with van der Waals surface area (Å²) in [4.78, 5) is 10.7. The van der Waals surface area contributed by atoms with E-state index in [0.717, 1.165) is 25.7 Å². The summed E-state index contributed by atoms with van der Waals surface area (Å²) < 4.78 is 1.70. The molecule has 1 fully saturated rings. The van der Waals surface area contributed by atoms with Crippen molar-refractivity contribution < 1.29 is 9.90 Å². The van der Waals surface area contributed by atoms with Crippen LogP contribution in [0, 0.1) is 0 Å². The van der Waals surface area contributed by atoms with E-state index in [1.54, 1.807) is 10.9 Å². The van der Waals surface area contributed by atoms with E-state index in [2.05, 4.69) is 5.10 Å². The van der Waals surface area contributed by atoms with Gasteiger partial charge in [0.2, 0.25) is 0 Å². The summed E-state index contributed by atoms with van der Waals surface area (Å²) in [5, 5.41) is 12.8. The molecule has 1 aliphatic carbocycles. The van der Waals surface area contributed by atoms with Crippen LogP contribution in [-0.2, 0) is 0 Å². The van der Waals surface area contributed by atoms with E-state index in [1.165, 1.54) is 6.20 Å². The Hall–Kier alpha value is -1.36. The molecule has 0 saturated heterocycles. The van der Waals surface area contributed by atoms with Crippen molar-refractivity contribution in [2.24, 2.45) is 5.73 Å². The second-order valence-corrected chi connectivity index (χ2v) is 4.03. The summed E-state index contributed by atoms with van der Waals surface area (Å²) in [7, 11) is 0. The fourth-order valence-corrected chi connectivity index (χ4v) is 2.10. The molecule has 1 heterocycles. The van der Waals surface area contributed by atoms with E-state index in [9.17, 15) is 4.79 Å². The lowest BCUT2D eigenvalue weighted by Gasteiger charge is -2.28. The molecule has 0 aromatic carbocycles. The number of hydrogen-bond acceptors (Lipinski definition) is 3. The topological polar surface area (TPSA) is 81.1 Å². The minimum Gasteiger partial charge on any atom is -0.478 e. The normalized spacial score (nSPS) is 26.5. The van der Waals surface area contributed by atoms with Crippen molar-refractivity contribution in [1.29, 1.82) is 0 Å². The molecule has 2 unspecified atom stereocenters. The lowest BCUT2D eigenvalue weighted by molar-refractivity contribution is 0.0696. The third-order valence-electron chi connectivity index (χ3n) is 2.97. The third kappa shape index (κ3) is 2.02. The first-order valence-electron chi connectivity index (χ1n) is 5.21. The Kier molecular flexibility index (Phi) is 2.73. The molecule has 15 heavy (non-hydrogen) atoms. The molecule has 0 bridgehead atoms. The van der Waals surface area contributed by atoms with Gasteiger partial charge in [-0.2, -0.15) is 5.10 Å². The molecule has 1 aromatic heterocycles. The highest BCUT2D eigenvalue weighted by molar-refractivity contribution is 5.86. The van der Waals surface area contributed by atoms with Crippen LogP contribution in [0.2, 0.25) is 0 Å². The standard InChI is InChI=1S/C10H15N3O2/c11-8-3-1-2-4-9(8)13-6-7(5-12-13)10(14)15/h5-6,8-9H,1-4,11H2,(H,14,15). The number of carboxylic acid groups (broad SMARTS) is 1. The molecule has 3 N–H and O–H groups in total. The molecule has 2 atom stereocenters. The minimum atomic E-state index is -0.939. The van der Waals surface area contributed by atoms with Crippen LogP contribution in [0.1, 0.15) is 42.1 Å². The SMILES string of the molecule is NC1CCCCC1n1cc(C(=O)O)cn1. The molecule has 5 nitrogen and oxygen atoms in total. The molecule has 5 heteroatoms. The summed E-state index contributed by atoms with van der Waals surface area (Å²) in [5.74, 6) is -0.939. The molecular formula is C10H15N3O2. The van der Waals surface area contributed by atoms with Crippen molar-refractivity contribution in [1.82, 2.24) is 9.78 Å². The quantitative estimate of drug-likeness (QED) is 0.762. The Morgan fingerprint density at radius 3 is 2.87 bits per heavy atom. The van der Waals surface area contributed by atoms with Crippen molar-refractivity contribution in [2.75, 3.05) is 0 Å². The highest BCUT2D eigenvalue weighted by atomic mass is 16.4. The highest BCUT2D eigenvalue weighted by Gasteiger charge is 2.24. The highest BCUT2D eigenvalue weighted by Crippen LogP contribution is 2.26. The number of aromatic nitrogens is 2. The van der Waals surface area contributed by atoms with Crippen LogP contribution in [0.15, 0.2) is 12.4 Å². The molecule has 2 rings (SSSR count). The maximum atomic E-state index is 10.7. The van der Waals surface area contributed by atoms with Gasteiger partial charge in [-0.15, -0.1) is 0 Å². The van der Waals surface area contributed by atoms with Crippen LogP contribution < -0.4 is 5.73 Å². The molecule has 1 saturated carbocycles. The van der Waals surface area contributed by atoms with Gasteiger partial charge in [0.15, 0.2) is 0 Å². The third-order valence-corrected chi connectivity index (χ3v) is 2.97. The average molecular weight is 209 g/mol. The Bertz CT molecular complexity index is 361. The first-order valence-corrected chi connectivity index (χ1v) is 5.21. The lowest BCUT2D eigenvalue weighted by Crippen LogP contribution is -2.35. The fourth-order valence-electron chi connectivity index (χ4n) is 2.10. The van der Waals surface area contributed by atoms with Gasteiger partial charge in [-0.05, 0) is 12.8 Å². The second kappa shape index (κ2) is 4.02. The number of rotatable bonds is 2. The number of aromatic carboxylic acids is 1. The first kappa shape index (κ1) is 10.2. The van der Waals surface area contributed by atoms with Crippen molar-refractivity contribution >= 4 is 5.97 Å². The Labute approximate surface area is 87.9 Å². The molecule has 1 aliphatic rings. The summed E-state index contributed by atoms with van der Waals surface area (Å²) in [5.41, 5.74) is 6.22. The van der Waals surface area contributed by atoms with Crippen LogP contribution >= 0.6 is 0 Å². The monoisotopic (exact) mass is 209 g/mol. The van der Waals surface area contributed by atoms with E-state index >= 15 is 0 Å². The second-order valence-electron chi connectivity index (χ2n) is 4.03. The number of hydrogen-bond donors (Lipinski definition) is 2. The summed E-state index contributed by atoms with van der Waals surface area (Å²) >= 11 is 0. The zero-order valence-corrected chi connectivity index (χ0v) is 8.47. The van der Waals surface area contributed by atoms with Crippen molar-refractivity contribution in [2.45, 2.75) is 37.8 Å². The van der Waals surface area contributed by atoms with Crippen LogP contribution in [0.4, 0.5) is 0 Å². The molecule has 0 amide bonds. The largest absolute Gasteiger partial charge is 0.478 e. The molecular weight excluding hydrogens is 194 g/mol. The Morgan fingerprint density at radius 1 is 1.53 bits per heavy atom. The summed E-state index contributed by atoms with van der Waals surface area (Å²) in [6.45, 7) is 0. The van der Waals surface area contributed by atoms with E-state index in [-0.39, 0.29) is 17.6 Å². The summed E-state index contributed by atoms with van der Waals surface area (Å²) in [6, 6.07) is 0.257. The average Bonchev–Trinajstić information content (AvgIpc) is 2.67. The van der Waals surface area contributed by atoms with Gasteiger partial charge in [0, 0.05) is 12.2 Å². The number of carboxylic acids is 1. The van der Waals surface area contributed by atoms with Gasteiger partial charge in [0.1, 0.15) is 0 Å². The molecule has 0 aliphatic heterocycles. The van der Waals surface area contributed by atoms with Gasteiger partial charge in [-0.1, -0.05) is 12.8 Å². The number of carbonyl (C=O) groups is 1. The summed E-state index contributed by atoms with van der Waals surface area (Å²) in [6.07, 6.45) is 7.22. The zero-order valence-electron chi connectivity index (χ0n) is 8.47. The van der Waals surface area contributed by atoms with Gasteiger partial charge in [0.25, 0.3) is 0 Å². The lowest BCUT2D eigenvalue weighted by atomic mass is 9.91. The molecule has 0 spiro atoms. The smallest absolute Gasteiger partial charge is 0.338 e. The van der Waals surface area contributed by atoms with Crippen LogP contribution in [0.3, 0.4) is 0 Å². The predicted octanol–water partition coefficient (Wildman–Crippen LogP) is 1.02. The number of nitrogens with zero attached hydrogens (tertiary/aromatic N) is 2. The van der Waals surface area contributed by atoms with Gasteiger partial charge in [-0.3, -0.25) is 4.68 Å². The van der Waals surface area contributed by atoms with E-state index in [0.29, 0.717) is 0 Å². The van der Waals surface area contributed by atoms with Crippen molar-refractivity contribution in [3.05, 3.63) is 18.0 Å².